The minimum atomic E-state index is -0.839. The topological polar surface area (TPSA) is 165 Å². The molecule has 266 valence electrons. The Bertz CT molecular complexity index is 1690. The summed E-state index contributed by atoms with van der Waals surface area (Å²) in [5.41, 5.74) is 0.763. The fraction of sp³-hybridized carbons (Fsp3) is 0.485. The molecule has 0 spiro atoms. The van der Waals surface area contributed by atoms with Gasteiger partial charge in [-0.15, -0.1) is 12.4 Å². The number of anilines is 3. The number of ether oxygens (including phenoxy) is 4. The van der Waals surface area contributed by atoms with E-state index in [4.69, 9.17) is 30.5 Å². The number of likely N-dealkylation sites (tertiary alicyclic amines) is 1. The largest absolute Gasteiger partial charge is 0.489 e. The maximum absolute atomic E-state index is 14.0. The monoisotopic (exact) mass is 719 g/mol. The normalized spacial score (nSPS) is 16.5. The Kier molecular flexibility index (Phi) is 12.4. The van der Waals surface area contributed by atoms with Crippen LogP contribution < -0.4 is 35.5 Å². The highest BCUT2D eigenvalue weighted by molar-refractivity contribution is 6.34. The number of likely N-dealkylation sites (N-methyl/N-ethyl adjacent to an activating group) is 1. The van der Waals surface area contributed by atoms with Gasteiger partial charge in [0.15, 0.2) is 11.5 Å². The lowest BCUT2D eigenvalue weighted by Crippen LogP contribution is -2.59. The summed E-state index contributed by atoms with van der Waals surface area (Å²) in [6.45, 7) is 8.34. The lowest BCUT2D eigenvalue weighted by molar-refractivity contribution is -0.143. The molecule has 1 saturated heterocycles. The van der Waals surface area contributed by atoms with E-state index in [1.807, 2.05) is 20.8 Å². The molecule has 1 aromatic heterocycles. The van der Waals surface area contributed by atoms with Gasteiger partial charge in [0, 0.05) is 25.1 Å². The molecule has 5 rings (SSSR count). The molecule has 3 heterocycles. The van der Waals surface area contributed by atoms with E-state index in [1.54, 1.807) is 50.2 Å². The van der Waals surface area contributed by atoms with Crippen molar-refractivity contribution in [3.8, 4) is 17.2 Å². The molecule has 3 amide bonds. The van der Waals surface area contributed by atoms with Crippen molar-refractivity contribution in [2.45, 2.75) is 58.7 Å². The number of hydrogen-bond acceptors (Lipinski definition) is 11. The Morgan fingerprint density at radius 1 is 1.14 bits per heavy atom. The molecule has 14 nitrogen and oxygen atoms in total. The SMILES string of the molecule is CN[C@@H](C)C(=O)N[C@H](C(=O)N1CCC[C@H]1C(=O)Nc1cc2c(Nc3c(Cl)ccc4c3OCO4)ncnc2cc1OCCOC)C(C)(C)C.Cl. The Hall–Kier alpha value is -4.11. The third kappa shape index (κ3) is 8.38. The first-order chi connectivity index (χ1) is 22.9. The first kappa shape index (κ1) is 37.7. The van der Waals surface area contributed by atoms with E-state index >= 15 is 0 Å². The van der Waals surface area contributed by atoms with Gasteiger partial charge >= 0.3 is 0 Å². The smallest absolute Gasteiger partial charge is 0.247 e. The zero-order valence-corrected chi connectivity index (χ0v) is 29.9. The maximum atomic E-state index is 14.0. The third-order valence-corrected chi connectivity index (χ3v) is 8.65. The van der Waals surface area contributed by atoms with E-state index in [-0.39, 0.29) is 43.5 Å². The van der Waals surface area contributed by atoms with Crippen molar-refractivity contribution in [2.75, 3.05) is 51.3 Å². The number of methoxy groups -OCH3 is 1. The second-order valence-corrected chi connectivity index (χ2v) is 13.1. The summed E-state index contributed by atoms with van der Waals surface area (Å²) in [5, 5.41) is 13.0. The predicted molar refractivity (Wildman–Crippen MR) is 188 cm³/mol. The number of carbonyl (C=O) groups excluding carboxylic acids is 3. The number of hydrogen-bond donors (Lipinski definition) is 4. The van der Waals surface area contributed by atoms with Crippen LogP contribution in [0, 0.1) is 5.41 Å². The number of nitrogens with one attached hydrogen (secondary N) is 4. The van der Waals surface area contributed by atoms with Gasteiger partial charge in [-0.25, -0.2) is 9.97 Å². The lowest BCUT2D eigenvalue weighted by Gasteiger charge is -2.36. The van der Waals surface area contributed by atoms with Crippen LogP contribution in [0.15, 0.2) is 30.6 Å². The number of amides is 3. The fourth-order valence-corrected chi connectivity index (χ4v) is 5.75. The van der Waals surface area contributed by atoms with Crippen LogP contribution in [0.2, 0.25) is 5.02 Å². The summed E-state index contributed by atoms with van der Waals surface area (Å²) in [5.74, 6) is 0.769. The van der Waals surface area contributed by atoms with Gasteiger partial charge in [-0.05, 0) is 50.4 Å². The highest BCUT2D eigenvalue weighted by atomic mass is 35.5. The zero-order valence-electron chi connectivity index (χ0n) is 28.3. The highest BCUT2D eigenvalue weighted by Gasteiger charge is 2.42. The van der Waals surface area contributed by atoms with Gasteiger partial charge in [-0.2, -0.15) is 0 Å². The molecule has 0 radical (unpaired) electrons. The summed E-state index contributed by atoms with van der Waals surface area (Å²) >= 11 is 6.53. The molecule has 3 aromatic rings. The van der Waals surface area contributed by atoms with Crippen molar-refractivity contribution in [1.82, 2.24) is 25.5 Å². The van der Waals surface area contributed by atoms with Crippen LogP contribution in [0.1, 0.15) is 40.5 Å². The van der Waals surface area contributed by atoms with E-state index < -0.39 is 23.5 Å². The number of benzene rings is 2. The van der Waals surface area contributed by atoms with Gasteiger partial charge in [0.1, 0.15) is 42.3 Å². The molecule has 1 fully saturated rings. The fourth-order valence-electron chi connectivity index (χ4n) is 5.55. The van der Waals surface area contributed by atoms with Crippen LogP contribution in [0.3, 0.4) is 0 Å². The molecule has 0 aliphatic carbocycles. The molecule has 4 N–H and O–H groups in total. The zero-order chi connectivity index (χ0) is 34.6. The van der Waals surface area contributed by atoms with E-state index in [0.29, 0.717) is 76.4 Å². The van der Waals surface area contributed by atoms with Gasteiger partial charge in [0.2, 0.25) is 24.5 Å². The van der Waals surface area contributed by atoms with Crippen LogP contribution in [0.5, 0.6) is 17.2 Å². The molecule has 49 heavy (non-hydrogen) atoms. The average molecular weight is 721 g/mol. The van der Waals surface area contributed by atoms with E-state index in [0.717, 1.165) is 0 Å². The molecule has 16 heteroatoms. The molecule has 0 bridgehead atoms. The van der Waals surface area contributed by atoms with Gasteiger partial charge in [0.25, 0.3) is 0 Å². The molecule has 3 atom stereocenters. The summed E-state index contributed by atoms with van der Waals surface area (Å²) in [6.07, 6.45) is 2.49. The van der Waals surface area contributed by atoms with Crippen molar-refractivity contribution in [3.05, 3.63) is 35.6 Å². The molecular formula is C33H43Cl2N7O7. The van der Waals surface area contributed by atoms with Crippen molar-refractivity contribution in [3.63, 3.8) is 0 Å². The number of halogens is 2. The first-order valence-corrected chi connectivity index (χ1v) is 16.1. The third-order valence-electron chi connectivity index (χ3n) is 8.34. The van der Waals surface area contributed by atoms with Gasteiger partial charge in [-0.1, -0.05) is 32.4 Å². The van der Waals surface area contributed by atoms with Crippen LogP contribution >= 0.6 is 24.0 Å². The quantitative estimate of drug-likeness (QED) is 0.198. The number of fused-ring (bicyclic) bond motifs is 2. The van der Waals surface area contributed by atoms with E-state index in [9.17, 15) is 14.4 Å². The molecule has 0 saturated carbocycles. The lowest BCUT2D eigenvalue weighted by atomic mass is 9.85. The second-order valence-electron chi connectivity index (χ2n) is 12.7. The minimum absolute atomic E-state index is 0. The predicted octanol–water partition coefficient (Wildman–Crippen LogP) is 4.27. The minimum Gasteiger partial charge on any atom is -0.489 e. The van der Waals surface area contributed by atoms with Crippen molar-refractivity contribution < 1.29 is 33.3 Å². The summed E-state index contributed by atoms with van der Waals surface area (Å²) in [7, 11) is 3.24. The van der Waals surface area contributed by atoms with Gasteiger partial charge in [-0.3, -0.25) is 14.4 Å². The van der Waals surface area contributed by atoms with Gasteiger partial charge in [0.05, 0.1) is 28.9 Å². The average Bonchev–Trinajstić information content (AvgIpc) is 3.75. The molecule has 2 aliphatic heterocycles. The Balaban J connectivity index is 0.00000541. The van der Waals surface area contributed by atoms with Crippen molar-refractivity contribution >= 4 is 69.8 Å². The standard InChI is InChI=1S/C33H42ClN7O7.ClH/c1-18(35-5)30(42)40-28(33(2,3)4)32(44)41-11-7-8-23(41)31(43)38-22-14-19-21(15-25(22)46-13-12-45-6)36-16-37-29(19)39-26-20(34)9-10-24-27(26)48-17-47-24;/h9-10,14-16,18,23,28,35H,7-8,11-13,17H2,1-6H3,(H,38,43)(H,40,42)(H,36,37,39);1H/t18-,23-,28+;/m0./s1. The summed E-state index contributed by atoms with van der Waals surface area (Å²) < 4.78 is 22.3. The van der Waals surface area contributed by atoms with E-state index in [2.05, 4.69) is 31.2 Å². The van der Waals surface area contributed by atoms with E-state index in [1.165, 1.54) is 6.33 Å². The molecule has 2 aliphatic rings. The molecular weight excluding hydrogens is 677 g/mol. The number of carbonyl (C=O) groups is 3. The number of rotatable bonds is 12. The maximum Gasteiger partial charge on any atom is 0.247 e. The number of aromatic nitrogens is 2. The van der Waals surface area contributed by atoms with Crippen molar-refractivity contribution in [1.29, 1.82) is 0 Å². The molecule has 0 unspecified atom stereocenters. The van der Waals surface area contributed by atoms with Crippen LogP contribution in [-0.2, 0) is 19.1 Å². The first-order valence-electron chi connectivity index (χ1n) is 15.8. The molecule has 2 aromatic carbocycles. The Morgan fingerprint density at radius 3 is 2.63 bits per heavy atom. The Morgan fingerprint density at radius 2 is 1.92 bits per heavy atom. The second kappa shape index (κ2) is 16.1. The number of nitrogens with zero attached hydrogens (tertiary/aromatic N) is 3. The van der Waals surface area contributed by atoms with Crippen LogP contribution in [-0.4, -0.2) is 91.4 Å². The van der Waals surface area contributed by atoms with Crippen molar-refractivity contribution in [2.24, 2.45) is 5.41 Å². The van der Waals surface area contributed by atoms with Gasteiger partial charge < -0.3 is 45.1 Å². The summed E-state index contributed by atoms with van der Waals surface area (Å²) in [6, 6.07) is 4.74. The summed E-state index contributed by atoms with van der Waals surface area (Å²) in [4.78, 5) is 51.2. The van der Waals surface area contributed by atoms with Crippen LogP contribution in [0.4, 0.5) is 17.2 Å². The van der Waals surface area contributed by atoms with Crippen LogP contribution in [0.25, 0.3) is 10.9 Å². The Labute approximate surface area is 296 Å². The highest BCUT2D eigenvalue weighted by Crippen LogP contribution is 2.45.